The molecule has 1 aliphatic heterocycles. The van der Waals surface area contributed by atoms with E-state index in [4.69, 9.17) is 4.98 Å². The molecule has 3 heterocycles. The van der Waals surface area contributed by atoms with Crippen molar-refractivity contribution in [2.24, 2.45) is 0 Å². The summed E-state index contributed by atoms with van der Waals surface area (Å²) >= 11 is 1.68. The van der Waals surface area contributed by atoms with Gasteiger partial charge in [0.15, 0.2) is 0 Å². The van der Waals surface area contributed by atoms with Crippen LogP contribution in [0.5, 0.6) is 0 Å². The Labute approximate surface area is 162 Å². The van der Waals surface area contributed by atoms with E-state index in [-0.39, 0.29) is 5.91 Å². The third-order valence-corrected chi connectivity index (χ3v) is 5.73. The van der Waals surface area contributed by atoms with E-state index in [1.165, 1.54) is 4.88 Å². The Balaban J connectivity index is 1.64. The molecule has 2 N–H and O–H groups in total. The highest BCUT2D eigenvalue weighted by molar-refractivity contribution is 7.15. The van der Waals surface area contributed by atoms with Crippen molar-refractivity contribution in [3.05, 3.63) is 64.7 Å². The minimum absolute atomic E-state index is 0.150. The lowest BCUT2D eigenvalue weighted by Crippen LogP contribution is -2.39. The molecule has 1 amide bonds. The summed E-state index contributed by atoms with van der Waals surface area (Å²) in [5, 5.41) is 0.853. The standard InChI is InChI=1S/C21H22N4OS/c1-14-7-8-20(27-14)19-13-17(16-5-3-4-6-18(16)22-19)21(26)24-23-15-9-11-25(2)12-10-15/h3-9,13,23H,10-12H2,1-2H3,(H,24,26). The highest BCUT2D eigenvalue weighted by Crippen LogP contribution is 2.29. The fourth-order valence-corrected chi connectivity index (χ4v) is 3.98. The van der Waals surface area contributed by atoms with Crippen LogP contribution in [0.2, 0.25) is 0 Å². The molecule has 27 heavy (non-hydrogen) atoms. The lowest BCUT2D eigenvalue weighted by molar-refractivity contribution is 0.0939. The third kappa shape index (κ3) is 3.86. The number of nitrogens with zero attached hydrogens (tertiary/aromatic N) is 2. The average Bonchev–Trinajstić information content (AvgIpc) is 3.13. The van der Waals surface area contributed by atoms with Crippen LogP contribution in [0.3, 0.4) is 0 Å². The molecule has 0 unspecified atom stereocenters. The largest absolute Gasteiger partial charge is 0.303 e. The molecule has 1 aliphatic rings. The number of benzene rings is 1. The number of carbonyl (C=O) groups excluding carboxylic acids is 1. The Kier molecular flexibility index (Phi) is 4.92. The third-order valence-electron chi connectivity index (χ3n) is 4.70. The number of likely N-dealkylation sites (N-methyl/N-ethyl adjacent to an activating group) is 1. The van der Waals surface area contributed by atoms with Gasteiger partial charge in [-0.15, -0.1) is 11.3 Å². The number of hydrazine groups is 1. The zero-order valence-corrected chi connectivity index (χ0v) is 16.3. The number of carbonyl (C=O) groups is 1. The molecule has 5 nitrogen and oxygen atoms in total. The lowest BCUT2D eigenvalue weighted by Gasteiger charge is -2.23. The van der Waals surface area contributed by atoms with E-state index in [1.807, 2.05) is 30.3 Å². The maximum absolute atomic E-state index is 12.9. The number of nitrogens with one attached hydrogen (secondary N) is 2. The summed E-state index contributed by atoms with van der Waals surface area (Å²) in [6, 6.07) is 13.8. The fraction of sp³-hybridized carbons (Fsp3) is 0.238. The quantitative estimate of drug-likeness (QED) is 0.680. The number of fused-ring (bicyclic) bond motifs is 1. The number of aryl methyl sites for hydroxylation is 1. The molecule has 0 bridgehead atoms. The summed E-state index contributed by atoms with van der Waals surface area (Å²) in [7, 11) is 2.09. The van der Waals surface area contributed by atoms with Crippen molar-refractivity contribution in [3.8, 4) is 10.6 Å². The van der Waals surface area contributed by atoms with E-state index in [0.717, 1.165) is 46.7 Å². The van der Waals surface area contributed by atoms with Gasteiger partial charge < -0.3 is 10.3 Å². The number of rotatable bonds is 4. The highest BCUT2D eigenvalue weighted by Gasteiger charge is 2.15. The maximum Gasteiger partial charge on any atom is 0.270 e. The molecule has 0 saturated carbocycles. The van der Waals surface area contributed by atoms with Gasteiger partial charge in [-0.05, 0) is 44.3 Å². The highest BCUT2D eigenvalue weighted by atomic mass is 32.1. The second kappa shape index (κ2) is 7.50. The lowest BCUT2D eigenvalue weighted by atomic mass is 10.1. The molecule has 3 aromatic rings. The normalized spacial score (nSPS) is 14.8. The summed E-state index contributed by atoms with van der Waals surface area (Å²) in [4.78, 5) is 22.2. The molecule has 2 aromatic heterocycles. The number of amides is 1. The molecule has 0 fully saturated rings. The van der Waals surface area contributed by atoms with Crippen molar-refractivity contribution < 1.29 is 4.79 Å². The van der Waals surface area contributed by atoms with Crippen LogP contribution >= 0.6 is 11.3 Å². The van der Waals surface area contributed by atoms with Gasteiger partial charge in [0.05, 0.1) is 21.7 Å². The van der Waals surface area contributed by atoms with Gasteiger partial charge >= 0.3 is 0 Å². The van der Waals surface area contributed by atoms with E-state index >= 15 is 0 Å². The molecule has 0 spiro atoms. The van der Waals surface area contributed by atoms with Crippen molar-refractivity contribution in [2.75, 3.05) is 20.1 Å². The number of hydrogen-bond donors (Lipinski definition) is 2. The van der Waals surface area contributed by atoms with Gasteiger partial charge in [0.25, 0.3) is 5.91 Å². The molecule has 0 radical (unpaired) electrons. The van der Waals surface area contributed by atoms with Crippen LogP contribution in [-0.2, 0) is 0 Å². The molecule has 0 saturated heterocycles. The first-order valence-electron chi connectivity index (χ1n) is 9.01. The Bertz CT molecular complexity index is 1020. The zero-order chi connectivity index (χ0) is 18.8. The van der Waals surface area contributed by atoms with Crippen molar-refractivity contribution in [1.82, 2.24) is 20.7 Å². The smallest absolute Gasteiger partial charge is 0.270 e. The Hall–Kier alpha value is -2.70. The van der Waals surface area contributed by atoms with Crippen LogP contribution in [0.25, 0.3) is 21.5 Å². The Morgan fingerprint density at radius 3 is 2.81 bits per heavy atom. The van der Waals surface area contributed by atoms with Crippen molar-refractivity contribution in [3.63, 3.8) is 0 Å². The number of pyridine rings is 1. The van der Waals surface area contributed by atoms with Crippen molar-refractivity contribution >= 4 is 28.1 Å². The van der Waals surface area contributed by atoms with E-state index < -0.39 is 0 Å². The van der Waals surface area contributed by atoms with Crippen molar-refractivity contribution in [1.29, 1.82) is 0 Å². The van der Waals surface area contributed by atoms with E-state index in [2.05, 4.69) is 47.9 Å². The molecule has 138 valence electrons. The summed E-state index contributed by atoms with van der Waals surface area (Å²) in [5.41, 5.74) is 9.28. The maximum atomic E-state index is 12.9. The molecule has 4 rings (SSSR count). The summed E-state index contributed by atoms with van der Waals surface area (Å²) in [6.45, 7) is 3.94. The van der Waals surface area contributed by atoms with Crippen LogP contribution in [0.15, 0.2) is 54.2 Å². The molecule has 0 atom stereocenters. The fourth-order valence-electron chi connectivity index (χ4n) is 3.15. The zero-order valence-electron chi connectivity index (χ0n) is 15.5. The second-order valence-corrected chi connectivity index (χ2v) is 8.09. The molecule has 6 heteroatoms. The van der Waals surface area contributed by atoms with Gasteiger partial charge in [0.2, 0.25) is 0 Å². The number of para-hydroxylation sites is 1. The van der Waals surface area contributed by atoms with Gasteiger partial charge in [-0.25, -0.2) is 4.98 Å². The topological polar surface area (TPSA) is 57.3 Å². The van der Waals surface area contributed by atoms with Gasteiger partial charge in [0.1, 0.15) is 0 Å². The minimum Gasteiger partial charge on any atom is -0.303 e. The second-order valence-electron chi connectivity index (χ2n) is 6.80. The average molecular weight is 379 g/mol. The first-order chi connectivity index (χ1) is 13.1. The van der Waals surface area contributed by atoms with E-state index in [1.54, 1.807) is 11.3 Å². The van der Waals surface area contributed by atoms with Gasteiger partial charge in [-0.1, -0.05) is 18.2 Å². The number of hydrogen-bond acceptors (Lipinski definition) is 5. The predicted octanol–water partition coefficient (Wildman–Crippen LogP) is 3.73. The summed E-state index contributed by atoms with van der Waals surface area (Å²) in [5.74, 6) is -0.150. The first-order valence-corrected chi connectivity index (χ1v) is 9.82. The predicted molar refractivity (Wildman–Crippen MR) is 111 cm³/mol. The number of thiophene rings is 1. The van der Waals surface area contributed by atoms with E-state index in [9.17, 15) is 4.79 Å². The van der Waals surface area contributed by atoms with Gasteiger partial charge in [-0.3, -0.25) is 10.2 Å². The minimum atomic E-state index is -0.150. The Morgan fingerprint density at radius 1 is 1.22 bits per heavy atom. The van der Waals surface area contributed by atoms with Crippen LogP contribution in [0.4, 0.5) is 0 Å². The van der Waals surface area contributed by atoms with Gasteiger partial charge in [-0.2, -0.15) is 0 Å². The van der Waals surface area contributed by atoms with Crippen LogP contribution in [0, 0.1) is 6.92 Å². The van der Waals surface area contributed by atoms with Crippen LogP contribution < -0.4 is 10.9 Å². The summed E-state index contributed by atoms with van der Waals surface area (Å²) < 4.78 is 0. The molecular weight excluding hydrogens is 356 g/mol. The van der Waals surface area contributed by atoms with Gasteiger partial charge in [0, 0.05) is 35.5 Å². The van der Waals surface area contributed by atoms with Crippen molar-refractivity contribution in [2.45, 2.75) is 13.3 Å². The summed E-state index contributed by atoms with van der Waals surface area (Å²) in [6.07, 6.45) is 3.00. The van der Waals surface area contributed by atoms with E-state index in [0.29, 0.717) is 5.56 Å². The first kappa shape index (κ1) is 17.7. The molecule has 1 aromatic carbocycles. The Morgan fingerprint density at radius 2 is 2.07 bits per heavy atom. The number of aromatic nitrogens is 1. The van der Waals surface area contributed by atoms with Crippen LogP contribution in [-0.4, -0.2) is 35.9 Å². The monoisotopic (exact) mass is 378 g/mol. The van der Waals surface area contributed by atoms with Crippen LogP contribution in [0.1, 0.15) is 21.7 Å². The SMILES string of the molecule is Cc1ccc(-c2cc(C(=O)NNC3=CCN(C)CC3)c3ccccc3n2)s1. The molecule has 0 aliphatic carbocycles. The molecular formula is C21H22N4OS.